The number of rotatable bonds is 7. The SMILES string of the molecule is CCCCN(C(=O)c1ccc(F)c(F)c1)c1nc2n(c1C(=O)N1CCN(c3ccccc3Cl)CC1)CCCC2. The molecule has 0 N–H and O–H groups in total. The number of fused-ring (bicyclic) bond motifs is 1. The van der Waals surface area contributed by atoms with Crippen LogP contribution in [0.15, 0.2) is 42.5 Å². The number of hydrogen-bond donors (Lipinski definition) is 0. The van der Waals surface area contributed by atoms with Gasteiger partial charge in [-0.1, -0.05) is 37.1 Å². The average Bonchev–Trinajstić information content (AvgIpc) is 3.34. The van der Waals surface area contributed by atoms with Crippen molar-refractivity contribution in [1.29, 1.82) is 0 Å². The summed E-state index contributed by atoms with van der Waals surface area (Å²) in [6, 6.07) is 10.8. The van der Waals surface area contributed by atoms with Crippen molar-refractivity contribution in [3.05, 3.63) is 76.2 Å². The van der Waals surface area contributed by atoms with Crippen molar-refractivity contribution in [3.63, 3.8) is 0 Å². The third kappa shape index (κ3) is 5.50. The van der Waals surface area contributed by atoms with Crippen molar-refractivity contribution < 1.29 is 18.4 Å². The van der Waals surface area contributed by atoms with Gasteiger partial charge in [0.15, 0.2) is 23.1 Å². The fraction of sp³-hybridized carbons (Fsp3) is 0.414. The maximum atomic E-state index is 14.1. The van der Waals surface area contributed by atoms with Crippen LogP contribution in [-0.4, -0.2) is 59.0 Å². The number of benzene rings is 2. The van der Waals surface area contributed by atoms with Crippen LogP contribution in [0, 0.1) is 11.6 Å². The Morgan fingerprint density at radius 2 is 1.77 bits per heavy atom. The highest BCUT2D eigenvalue weighted by molar-refractivity contribution is 6.33. The number of carbonyl (C=O) groups is 2. The van der Waals surface area contributed by atoms with Crippen LogP contribution in [0.5, 0.6) is 0 Å². The highest BCUT2D eigenvalue weighted by Crippen LogP contribution is 2.31. The van der Waals surface area contributed by atoms with Gasteiger partial charge in [-0.3, -0.25) is 14.5 Å². The molecule has 7 nitrogen and oxygen atoms in total. The number of imidazole rings is 1. The molecule has 0 atom stereocenters. The summed E-state index contributed by atoms with van der Waals surface area (Å²) in [6.07, 6.45) is 4.05. The summed E-state index contributed by atoms with van der Waals surface area (Å²) in [5, 5.41) is 0.673. The van der Waals surface area contributed by atoms with Crippen LogP contribution in [-0.2, 0) is 13.0 Å². The molecule has 1 fully saturated rings. The standard InChI is InChI=1S/C29H32ClF2N5O2/c1-2-3-13-37(28(38)20-11-12-22(31)23(32)19-20)27-26(36-14-7-6-10-25(36)33-27)29(39)35-17-15-34(16-18-35)24-9-5-4-8-21(24)30/h4-5,8-9,11-12,19H,2-3,6-7,10,13-18H2,1H3. The van der Waals surface area contributed by atoms with E-state index in [-0.39, 0.29) is 11.5 Å². The van der Waals surface area contributed by atoms with Crippen LogP contribution in [0.1, 0.15) is 59.3 Å². The summed E-state index contributed by atoms with van der Waals surface area (Å²) in [6.45, 7) is 5.20. The van der Waals surface area contributed by atoms with Crippen LogP contribution in [0.2, 0.25) is 5.02 Å². The van der Waals surface area contributed by atoms with Gasteiger partial charge in [-0.25, -0.2) is 13.8 Å². The van der Waals surface area contributed by atoms with Crippen LogP contribution in [0.3, 0.4) is 0 Å². The van der Waals surface area contributed by atoms with Gasteiger partial charge in [0.05, 0.1) is 10.7 Å². The molecule has 2 amide bonds. The molecular formula is C29H32ClF2N5O2. The molecular weight excluding hydrogens is 524 g/mol. The molecule has 3 aromatic rings. The van der Waals surface area contributed by atoms with Gasteiger partial charge in [0, 0.05) is 51.3 Å². The van der Waals surface area contributed by atoms with E-state index in [9.17, 15) is 18.4 Å². The number of nitrogens with zero attached hydrogens (tertiary/aromatic N) is 5. The number of amides is 2. The second-order valence-electron chi connectivity index (χ2n) is 9.98. The lowest BCUT2D eigenvalue weighted by Crippen LogP contribution is -2.49. The molecule has 0 aliphatic carbocycles. The highest BCUT2D eigenvalue weighted by Gasteiger charge is 2.34. The van der Waals surface area contributed by atoms with E-state index >= 15 is 0 Å². The van der Waals surface area contributed by atoms with Gasteiger partial charge in [0.25, 0.3) is 11.8 Å². The normalized spacial score (nSPS) is 15.3. The Labute approximate surface area is 232 Å². The zero-order valence-corrected chi connectivity index (χ0v) is 22.8. The summed E-state index contributed by atoms with van der Waals surface area (Å²) < 4.78 is 29.6. The Bertz CT molecular complexity index is 1370. The molecule has 2 aromatic carbocycles. The Hall–Kier alpha value is -3.46. The second kappa shape index (κ2) is 11.7. The Kier molecular flexibility index (Phi) is 8.16. The first-order chi connectivity index (χ1) is 18.9. The van der Waals surface area contributed by atoms with E-state index < -0.39 is 17.5 Å². The topological polar surface area (TPSA) is 61.7 Å². The van der Waals surface area contributed by atoms with Crippen LogP contribution in [0.4, 0.5) is 20.3 Å². The van der Waals surface area contributed by atoms with E-state index in [2.05, 4.69) is 4.90 Å². The zero-order chi connectivity index (χ0) is 27.5. The quantitative estimate of drug-likeness (QED) is 0.383. The molecule has 5 rings (SSSR count). The lowest BCUT2D eigenvalue weighted by Gasteiger charge is -2.37. The Morgan fingerprint density at radius 3 is 2.49 bits per heavy atom. The van der Waals surface area contributed by atoms with E-state index in [1.807, 2.05) is 35.8 Å². The van der Waals surface area contributed by atoms with Crippen molar-refractivity contribution in [3.8, 4) is 0 Å². The van der Waals surface area contributed by atoms with E-state index in [1.54, 1.807) is 4.90 Å². The summed E-state index contributed by atoms with van der Waals surface area (Å²) in [5.74, 6) is -1.72. The molecule has 0 unspecified atom stereocenters. The molecule has 10 heteroatoms. The number of para-hydroxylation sites is 1. The predicted octanol–water partition coefficient (Wildman–Crippen LogP) is 5.56. The lowest BCUT2D eigenvalue weighted by atomic mass is 10.1. The molecule has 1 aromatic heterocycles. The molecule has 0 spiro atoms. The van der Waals surface area contributed by atoms with Crippen molar-refractivity contribution >= 4 is 34.9 Å². The molecule has 39 heavy (non-hydrogen) atoms. The third-order valence-corrected chi connectivity index (χ3v) is 7.75. The molecule has 2 aliphatic heterocycles. The maximum absolute atomic E-state index is 14.1. The molecule has 0 saturated carbocycles. The van der Waals surface area contributed by atoms with Crippen LogP contribution >= 0.6 is 11.6 Å². The Balaban J connectivity index is 1.46. The maximum Gasteiger partial charge on any atom is 0.274 e. The van der Waals surface area contributed by atoms with Gasteiger partial charge < -0.3 is 14.4 Å². The minimum Gasteiger partial charge on any atom is -0.367 e. The minimum absolute atomic E-state index is 0.0164. The van der Waals surface area contributed by atoms with E-state index in [4.69, 9.17) is 16.6 Å². The highest BCUT2D eigenvalue weighted by atomic mass is 35.5. The summed E-state index contributed by atoms with van der Waals surface area (Å²) in [7, 11) is 0. The van der Waals surface area contributed by atoms with E-state index in [1.165, 1.54) is 11.0 Å². The Morgan fingerprint density at radius 1 is 1.00 bits per heavy atom. The number of aryl methyl sites for hydroxylation is 1. The minimum atomic E-state index is -1.09. The number of hydrogen-bond acceptors (Lipinski definition) is 4. The third-order valence-electron chi connectivity index (χ3n) is 7.43. The summed E-state index contributed by atoms with van der Waals surface area (Å²) in [5.41, 5.74) is 1.35. The smallest absolute Gasteiger partial charge is 0.274 e. The average molecular weight is 556 g/mol. The first kappa shape index (κ1) is 27.1. The number of halogens is 3. The van der Waals surface area contributed by atoms with Gasteiger partial charge >= 0.3 is 0 Å². The van der Waals surface area contributed by atoms with E-state index in [0.717, 1.165) is 42.9 Å². The first-order valence-electron chi connectivity index (χ1n) is 13.5. The molecule has 3 heterocycles. The molecule has 2 aliphatic rings. The van der Waals surface area contributed by atoms with Crippen LogP contribution in [0.25, 0.3) is 0 Å². The van der Waals surface area contributed by atoms with Crippen molar-refractivity contribution in [2.45, 2.75) is 45.6 Å². The second-order valence-corrected chi connectivity index (χ2v) is 10.4. The van der Waals surface area contributed by atoms with Gasteiger partial charge in [0.2, 0.25) is 0 Å². The number of piperazine rings is 1. The largest absolute Gasteiger partial charge is 0.367 e. The molecule has 0 radical (unpaired) electrons. The summed E-state index contributed by atoms with van der Waals surface area (Å²) >= 11 is 6.40. The monoisotopic (exact) mass is 555 g/mol. The fourth-order valence-corrected chi connectivity index (χ4v) is 5.54. The lowest BCUT2D eigenvalue weighted by molar-refractivity contribution is 0.0735. The van der Waals surface area contributed by atoms with Crippen molar-refractivity contribution in [1.82, 2.24) is 14.5 Å². The number of aromatic nitrogens is 2. The number of unbranched alkanes of at least 4 members (excludes halogenated alkanes) is 1. The van der Waals surface area contributed by atoms with Crippen LogP contribution < -0.4 is 9.80 Å². The predicted molar refractivity (Wildman–Crippen MR) is 148 cm³/mol. The number of anilines is 2. The molecule has 206 valence electrons. The van der Waals surface area contributed by atoms with Crippen molar-refractivity contribution in [2.24, 2.45) is 0 Å². The van der Waals surface area contributed by atoms with Gasteiger partial charge in [0.1, 0.15) is 5.82 Å². The van der Waals surface area contributed by atoms with E-state index in [0.29, 0.717) is 68.6 Å². The van der Waals surface area contributed by atoms with Gasteiger partial charge in [-0.15, -0.1) is 0 Å². The van der Waals surface area contributed by atoms with Crippen molar-refractivity contribution in [2.75, 3.05) is 42.5 Å². The zero-order valence-electron chi connectivity index (χ0n) is 22.0. The number of carbonyl (C=O) groups excluding carboxylic acids is 2. The first-order valence-corrected chi connectivity index (χ1v) is 13.9. The fourth-order valence-electron chi connectivity index (χ4n) is 5.28. The summed E-state index contributed by atoms with van der Waals surface area (Å²) in [4.78, 5) is 38.0. The molecule has 1 saturated heterocycles. The molecule has 0 bridgehead atoms. The van der Waals surface area contributed by atoms with Gasteiger partial charge in [-0.2, -0.15) is 0 Å². The van der Waals surface area contributed by atoms with Gasteiger partial charge in [-0.05, 0) is 49.6 Å².